The third-order valence-electron chi connectivity index (χ3n) is 3.54. The zero-order valence-electron chi connectivity index (χ0n) is 10.6. The number of sulfone groups is 1. The molecular formula is C12H20N2O2S2. The van der Waals surface area contributed by atoms with Crippen LogP contribution in [0.5, 0.6) is 0 Å². The molecule has 0 aliphatic carbocycles. The van der Waals surface area contributed by atoms with Gasteiger partial charge in [-0.2, -0.15) is 0 Å². The fourth-order valence-electron chi connectivity index (χ4n) is 2.53. The average molecular weight is 288 g/mol. The fourth-order valence-corrected chi connectivity index (χ4v) is 5.14. The van der Waals surface area contributed by atoms with Gasteiger partial charge in [-0.25, -0.2) is 8.42 Å². The van der Waals surface area contributed by atoms with E-state index in [4.69, 9.17) is 0 Å². The highest BCUT2D eigenvalue weighted by Crippen LogP contribution is 2.29. The van der Waals surface area contributed by atoms with E-state index >= 15 is 0 Å². The second kappa shape index (κ2) is 6.12. The van der Waals surface area contributed by atoms with Crippen LogP contribution >= 0.6 is 11.3 Å². The van der Waals surface area contributed by atoms with Crippen molar-refractivity contribution in [3.05, 3.63) is 16.6 Å². The molecular weight excluding hydrogens is 268 g/mol. The largest absolute Gasteiger partial charge is 0.317 e. The highest BCUT2D eigenvalue weighted by Gasteiger charge is 2.33. The van der Waals surface area contributed by atoms with Crippen molar-refractivity contribution in [1.29, 1.82) is 0 Å². The van der Waals surface area contributed by atoms with Crippen molar-refractivity contribution in [3.63, 3.8) is 0 Å². The van der Waals surface area contributed by atoms with Crippen LogP contribution in [0.4, 0.5) is 0 Å². The molecule has 1 saturated heterocycles. The lowest BCUT2D eigenvalue weighted by Gasteiger charge is -2.22. The van der Waals surface area contributed by atoms with E-state index in [-0.39, 0.29) is 0 Å². The number of nitrogens with one attached hydrogen (secondary N) is 1. The van der Waals surface area contributed by atoms with E-state index in [9.17, 15) is 8.42 Å². The van der Waals surface area contributed by atoms with Crippen LogP contribution < -0.4 is 5.32 Å². The topological polar surface area (TPSA) is 59.1 Å². The Hall–Kier alpha value is -0.460. The summed E-state index contributed by atoms with van der Waals surface area (Å²) >= 11 is 1.66. The summed E-state index contributed by atoms with van der Waals surface area (Å²) in [4.78, 5) is 5.34. The third kappa shape index (κ3) is 3.76. The van der Waals surface area contributed by atoms with Crippen molar-refractivity contribution >= 4 is 21.2 Å². The molecule has 0 saturated carbocycles. The minimum atomic E-state index is -2.78. The molecule has 1 aliphatic heterocycles. The summed E-state index contributed by atoms with van der Waals surface area (Å²) in [6, 6.07) is 0. The average Bonchev–Trinajstić information content (AvgIpc) is 2.93. The van der Waals surface area contributed by atoms with Gasteiger partial charge in [0.25, 0.3) is 0 Å². The number of hydrogen-bond donors (Lipinski definition) is 1. The Labute approximate surface area is 113 Å². The molecule has 1 aliphatic rings. The van der Waals surface area contributed by atoms with E-state index in [0.717, 1.165) is 25.9 Å². The molecule has 2 atom stereocenters. The van der Waals surface area contributed by atoms with Gasteiger partial charge in [0.1, 0.15) is 0 Å². The van der Waals surface area contributed by atoms with Crippen molar-refractivity contribution in [2.24, 2.45) is 11.8 Å². The standard InChI is InChI=1S/C12H20N2O2S2/c1-2-13-6-11(5-12-7-14-9-17-12)10-3-4-18(15,16)8-10/h7,9-11,13H,2-6,8H2,1H3. The zero-order chi connectivity index (χ0) is 13.0. The lowest BCUT2D eigenvalue weighted by atomic mass is 9.88. The molecule has 1 aromatic heterocycles. The number of rotatable bonds is 6. The second-order valence-corrected chi connectivity index (χ2v) is 8.10. The predicted octanol–water partition coefficient (Wildman–Crippen LogP) is 1.35. The molecule has 2 rings (SSSR count). The van der Waals surface area contributed by atoms with Gasteiger partial charge in [-0.3, -0.25) is 4.98 Å². The number of hydrogen-bond acceptors (Lipinski definition) is 5. The lowest BCUT2D eigenvalue weighted by Crippen LogP contribution is -2.30. The first-order chi connectivity index (χ1) is 8.61. The van der Waals surface area contributed by atoms with Gasteiger partial charge in [0, 0.05) is 11.1 Å². The minimum absolute atomic E-state index is 0.302. The Morgan fingerprint density at radius 2 is 2.44 bits per heavy atom. The molecule has 0 spiro atoms. The molecule has 2 heterocycles. The SMILES string of the molecule is CCNCC(Cc1cncs1)C1CCS(=O)(=O)C1. The maximum atomic E-state index is 11.6. The summed E-state index contributed by atoms with van der Waals surface area (Å²) in [6.07, 6.45) is 3.65. The Morgan fingerprint density at radius 3 is 3.00 bits per heavy atom. The van der Waals surface area contributed by atoms with Crippen LogP contribution in [0.2, 0.25) is 0 Å². The molecule has 2 unspecified atom stereocenters. The smallest absolute Gasteiger partial charge is 0.150 e. The number of nitrogens with zero attached hydrogens (tertiary/aromatic N) is 1. The van der Waals surface area contributed by atoms with Gasteiger partial charge >= 0.3 is 0 Å². The highest BCUT2D eigenvalue weighted by molar-refractivity contribution is 7.91. The van der Waals surface area contributed by atoms with Gasteiger partial charge in [0.15, 0.2) is 9.84 Å². The Balaban J connectivity index is 2.01. The lowest BCUT2D eigenvalue weighted by molar-refractivity contribution is 0.347. The van der Waals surface area contributed by atoms with E-state index in [2.05, 4.69) is 17.2 Å². The molecule has 1 aromatic rings. The first-order valence-electron chi connectivity index (χ1n) is 6.39. The van der Waals surface area contributed by atoms with Gasteiger partial charge in [0.05, 0.1) is 17.0 Å². The highest BCUT2D eigenvalue weighted by atomic mass is 32.2. The van der Waals surface area contributed by atoms with Crippen LogP contribution in [0.1, 0.15) is 18.2 Å². The van der Waals surface area contributed by atoms with E-state index < -0.39 is 9.84 Å². The van der Waals surface area contributed by atoms with Crippen LogP contribution in [0.25, 0.3) is 0 Å². The predicted molar refractivity (Wildman–Crippen MR) is 74.6 cm³/mol. The molecule has 0 aromatic carbocycles. The molecule has 4 nitrogen and oxygen atoms in total. The normalized spacial score (nSPS) is 24.2. The first-order valence-corrected chi connectivity index (χ1v) is 9.09. The zero-order valence-corrected chi connectivity index (χ0v) is 12.3. The van der Waals surface area contributed by atoms with E-state index in [1.165, 1.54) is 4.88 Å². The quantitative estimate of drug-likeness (QED) is 0.858. The molecule has 0 amide bonds. The van der Waals surface area contributed by atoms with Crippen molar-refractivity contribution in [2.75, 3.05) is 24.6 Å². The molecule has 6 heteroatoms. The van der Waals surface area contributed by atoms with Crippen LogP contribution in [-0.4, -0.2) is 38.0 Å². The van der Waals surface area contributed by atoms with Crippen LogP contribution in [-0.2, 0) is 16.3 Å². The third-order valence-corrected chi connectivity index (χ3v) is 6.13. The molecule has 1 fully saturated rings. The second-order valence-electron chi connectivity index (χ2n) is 4.90. The minimum Gasteiger partial charge on any atom is -0.317 e. The van der Waals surface area contributed by atoms with Crippen molar-refractivity contribution < 1.29 is 8.42 Å². The van der Waals surface area contributed by atoms with Gasteiger partial charge < -0.3 is 5.32 Å². The molecule has 0 radical (unpaired) electrons. The molecule has 0 bridgehead atoms. The molecule has 102 valence electrons. The molecule has 1 N–H and O–H groups in total. The van der Waals surface area contributed by atoms with Crippen molar-refractivity contribution in [1.82, 2.24) is 10.3 Å². The molecule has 18 heavy (non-hydrogen) atoms. The van der Waals surface area contributed by atoms with E-state index in [1.807, 2.05) is 11.7 Å². The summed E-state index contributed by atoms with van der Waals surface area (Å²) in [5.74, 6) is 1.43. The van der Waals surface area contributed by atoms with Crippen LogP contribution in [0.15, 0.2) is 11.7 Å². The van der Waals surface area contributed by atoms with Gasteiger partial charge in [-0.1, -0.05) is 6.92 Å². The van der Waals surface area contributed by atoms with Gasteiger partial charge in [0.2, 0.25) is 0 Å². The summed E-state index contributed by atoms with van der Waals surface area (Å²) in [5.41, 5.74) is 1.84. The van der Waals surface area contributed by atoms with E-state index in [1.54, 1.807) is 11.3 Å². The van der Waals surface area contributed by atoms with E-state index in [0.29, 0.717) is 23.3 Å². The van der Waals surface area contributed by atoms with Crippen molar-refractivity contribution in [2.45, 2.75) is 19.8 Å². The number of thiazole rings is 1. The Bertz CT molecular complexity index is 456. The monoisotopic (exact) mass is 288 g/mol. The fraction of sp³-hybridized carbons (Fsp3) is 0.750. The first kappa shape index (κ1) is 14.0. The summed E-state index contributed by atoms with van der Waals surface area (Å²) < 4.78 is 23.2. The maximum Gasteiger partial charge on any atom is 0.150 e. The van der Waals surface area contributed by atoms with Gasteiger partial charge in [-0.15, -0.1) is 11.3 Å². The number of aromatic nitrogens is 1. The van der Waals surface area contributed by atoms with Crippen molar-refractivity contribution in [3.8, 4) is 0 Å². The summed E-state index contributed by atoms with van der Waals surface area (Å²) in [6.45, 7) is 3.91. The van der Waals surface area contributed by atoms with Crippen LogP contribution in [0, 0.1) is 11.8 Å². The van der Waals surface area contributed by atoms with Gasteiger partial charge in [-0.05, 0) is 37.8 Å². The summed E-state index contributed by atoms with van der Waals surface area (Å²) in [7, 11) is -2.78. The Kier molecular flexibility index (Phi) is 4.75. The Morgan fingerprint density at radius 1 is 1.61 bits per heavy atom. The van der Waals surface area contributed by atoms with Crippen LogP contribution in [0.3, 0.4) is 0 Å². The maximum absolute atomic E-state index is 11.6. The summed E-state index contributed by atoms with van der Waals surface area (Å²) in [5, 5.41) is 3.35.